The summed E-state index contributed by atoms with van der Waals surface area (Å²) in [5.41, 5.74) is 3.44. The molecule has 0 aliphatic carbocycles. The molecule has 1 atom stereocenters. The molecule has 0 fully saturated rings. The molecule has 44 heavy (non-hydrogen) atoms. The van der Waals surface area contributed by atoms with Gasteiger partial charge < -0.3 is 29.2 Å². The van der Waals surface area contributed by atoms with Gasteiger partial charge in [-0.15, -0.1) is 0 Å². The number of thioether (sulfide) groups is 1. The van der Waals surface area contributed by atoms with E-state index in [0.717, 1.165) is 17.0 Å². The van der Waals surface area contributed by atoms with E-state index in [4.69, 9.17) is 18.9 Å². The molecule has 1 aromatic heterocycles. The first-order chi connectivity index (χ1) is 21.2. The Balaban J connectivity index is 1.75. The van der Waals surface area contributed by atoms with Gasteiger partial charge >= 0.3 is 0 Å². The normalized spacial score (nSPS) is 11.3. The summed E-state index contributed by atoms with van der Waals surface area (Å²) in [5, 5.41) is 3.46. The third kappa shape index (κ3) is 8.19. The fourth-order valence-electron chi connectivity index (χ4n) is 4.61. The second kappa shape index (κ2) is 15.1. The number of benzene rings is 3. The van der Waals surface area contributed by atoms with Crippen molar-refractivity contribution in [3.8, 4) is 23.0 Å². The number of aryl methyl sites for hydroxylation is 2. The number of nitrogens with one attached hydrogen (secondary N) is 1. The van der Waals surface area contributed by atoms with E-state index in [1.165, 1.54) is 18.9 Å². The van der Waals surface area contributed by atoms with Crippen LogP contribution >= 0.6 is 11.8 Å². The quantitative estimate of drug-likeness (QED) is 0.151. The van der Waals surface area contributed by atoms with E-state index in [0.29, 0.717) is 39.4 Å². The molecule has 230 valence electrons. The molecule has 0 radical (unpaired) electrons. The van der Waals surface area contributed by atoms with Gasteiger partial charge in [-0.1, -0.05) is 36.0 Å². The monoisotopic (exact) mass is 616 g/mol. The molecule has 2 amide bonds. The van der Waals surface area contributed by atoms with Crippen molar-refractivity contribution >= 4 is 29.3 Å². The average molecular weight is 617 g/mol. The summed E-state index contributed by atoms with van der Waals surface area (Å²) in [6, 6.07) is 20.4. The molecule has 11 heteroatoms. The molecular formula is C33H36N4O6S. The lowest BCUT2D eigenvalue weighted by molar-refractivity contribution is -0.137. The van der Waals surface area contributed by atoms with Crippen molar-refractivity contribution in [2.24, 2.45) is 0 Å². The molecule has 0 aliphatic heterocycles. The smallest absolute Gasteiger partial charge is 0.251 e. The number of hydrogen-bond acceptors (Lipinski definition) is 9. The Kier molecular flexibility index (Phi) is 11.0. The summed E-state index contributed by atoms with van der Waals surface area (Å²) in [7, 11) is 6.20. The summed E-state index contributed by atoms with van der Waals surface area (Å²) < 4.78 is 21.6. The number of methoxy groups -OCH3 is 4. The molecule has 0 aliphatic rings. The van der Waals surface area contributed by atoms with Crippen LogP contribution in [0.1, 0.15) is 28.6 Å². The minimum Gasteiger partial charge on any atom is -0.497 e. The predicted molar refractivity (Wildman–Crippen MR) is 170 cm³/mol. The molecule has 3 aromatic carbocycles. The van der Waals surface area contributed by atoms with Crippen molar-refractivity contribution < 1.29 is 28.5 Å². The van der Waals surface area contributed by atoms with Crippen LogP contribution in [0.2, 0.25) is 0 Å². The van der Waals surface area contributed by atoms with Gasteiger partial charge in [-0.3, -0.25) is 9.59 Å². The Labute approximate surface area is 261 Å². The van der Waals surface area contributed by atoms with E-state index < -0.39 is 11.9 Å². The third-order valence-electron chi connectivity index (χ3n) is 6.75. The Hall–Kier alpha value is -4.77. The van der Waals surface area contributed by atoms with Crippen LogP contribution < -0.4 is 24.3 Å². The first-order valence-electron chi connectivity index (χ1n) is 13.8. The minimum atomic E-state index is -1.03. The Bertz CT molecular complexity index is 1580. The average Bonchev–Trinajstić information content (AvgIpc) is 3.03. The van der Waals surface area contributed by atoms with Crippen molar-refractivity contribution in [2.75, 3.05) is 39.5 Å². The number of hydrogen-bond donors (Lipinski definition) is 1. The molecule has 10 nitrogen and oxygen atoms in total. The highest BCUT2D eigenvalue weighted by atomic mass is 32.2. The standard InChI is InChI=1S/C33H36N4O6S/c1-21-16-22(2)35-33(34-21)44-20-30(38)37(19-23-10-12-25(40-3)13-11-23)31(24-8-7-9-26(17-24)41-4)32(39)36-28-15-14-27(42-5)18-29(28)43-6/h7-18,31H,19-20H2,1-6H3,(H,36,39). The van der Waals surface area contributed by atoms with Crippen LogP contribution in [0.25, 0.3) is 0 Å². The highest BCUT2D eigenvalue weighted by Crippen LogP contribution is 2.33. The van der Waals surface area contributed by atoms with Crippen molar-refractivity contribution in [3.63, 3.8) is 0 Å². The molecule has 0 saturated carbocycles. The topological polar surface area (TPSA) is 112 Å². The van der Waals surface area contributed by atoms with Gasteiger partial charge in [0.25, 0.3) is 5.91 Å². The molecule has 0 saturated heterocycles. The highest BCUT2D eigenvalue weighted by Gasteiger charge is 2.33. The Morgan fingerprint density at radius 1 is 0.795 bits per heavy atom. The molecule has 1 unspecified atom stereocenters. The van der Waals surface area contributed by atoms with Crippen LogP contribution in [0.5, 0.6) is 23.0 Å². The van der Waals surface area contributed by atoms with Gasteiger partial charge in [0.15, 0.2) is 5.16 Å². The van der Waals surface area contributed by atoms with Gasteiger partial charge in [0.05, 0.1) is 39.9 Å². The van der Waals surface area contributed by atoms with Gasteiger partial charge in [-0.2, -0.15) is 0 Å². The maximum atomic E-state index is 14.3. The number of rotatable bonds is 13. The second-order valence-electron chi connectivity index (χ2n) is 9.83. The number of ether oxygens (including phenoxy) is 4. The van der Waals surface area contributed by atoms with E-state index in [1.807, 2.05) is 44.2 Å². The maximum absolute atomic E-state index is 14.3. The highest BCUT2D eigenvalue weighted by molar-refractivity contribution is 7.99. The Morgan fingerprint density at radius 3 is 2.07 bits per heavy atom. The molecule has 4 aromatic rings. The van der Waals surface area contributed by atoms with Crippen molar-refractivity contribution in [1.29, 1.82) is 0 Å². The van der Waals surface area contributed by atoms with E-state index in [9.17, 15) is 9.59 Å². The van der Waals surface area contributed by atoms with Gasteiger partial charge in [-0.25, -0.2) is 9.97 Å². The minimum absolute atomic E-state index is 0.0126. The number of carbonyl (C=O) groups excluding carboxylic acids is 2. The molecule has 0 bridgehead atoms. The van der Waals surface area contributed by atoms with Gasteiger partial charge in [0, 0.05) is 24.0 Å². The van der Waals surface area contributed by atoms with Gasteiger partial charge in [0.2, 0.25) is 5.91 Å². The van der Waals surface area contributed by atoms with E-state index in [1.54, 1.807) is 68.7 Å². The summed E-state index contributed by atoms with van der Waals surface area (Å²) in [5.74, 6) is 1.52. The lowest BCUT2D eigenvalue weighted by Gasteiger charge is -2.32. The summed E-state index contributed by atoms with van der Waals surface area (Å²) in [6.07, 6.45) is 0. The fraction of sp³-hybridized carbons (Fsp3) is 0.273. The molecule has 4 rings (SSSR count). The van der Waals surface area contributed by atoms with Crippen LogP contribution in [0.15, 0.2) is 78.0 Å². The van der Waals surface area contributed by atoms with Crippen LogP contribution in [0, 0.1) is 13.8 Å². The summed E-state index contributed by atoms with van der Waals surface area (Å²) in [6.45, 7) is 3.91. The summed E-state index contributed by atoms with van der Waals surface area (Å²) in [4.78, 5) is 38.9. The fourth-order valence-corrected chi connectivity index (χ4v) is 5.44. The van der Waals surface area contributed by atoms with E-state index in [-0.39, 0.29) is 18.2 Å². The van der Waals surface area contributed by atoms with E-state index in [2.05, 4.69) is 15.3 Å². The van der Waals surface area contributed by atoms with E-state index >= 15 is 0 Å². The predicted octanol–water partition coefficient (Wildman–Crippen LogP) is 5.63. The third-order valence-corrected chi connectivity index (χ3v) is 7.59. The number of nitrogens with zero attached hydrogens (tertiary/aromatic N) is 3. The zero-order chi connectivity index (χ0) is 31.6. The lowest BCUT2D eigenvalue weighted by atomic mass is 10.0. The van der Waals surface area contributed by atoms with Crippen molar-refractivity contribution in [1.82, 2.24) is 14.9 Å². The summed E-state index contributed by atoms with van der Waals surface area (Å²) >= 11 is 1.22. The number of carbonyl (C=O) groups is 2. The van der Waals surface area contributed by atoms with Crippen LogP contribution in [0.4, 0.5) is 5.69 Å². The largest absolute Gasteiger partial charge is 0.497 e. The van der Waals surface area contributed by atoms with Crippen molar-refractivity contribution in [2.45, 2.75) is 31.6 Å². The second-order valence-corrected chi connectivity index (χ2v) is 10.8. The zero-order valence-electron chi connectivity index (χ0n) is 25.6. The van der Waals surface area contributed by atoms with Crippen LogP contribution in [-0.4, -0.2) is 60.9 Å². The lowest BCUT2D eigenvalue weighted by Crippen LogP contribution is -2.42. The number of anilines is 1. The number of aromatic nitrogens is 2. The first-order valence-corrected chi connectivity index (χ1v) is 14.8. The molecule has 0 spiro atoms. The van der Waals surface area contributed by atoms with Gasteiger partial charge in [-0.05, 0) is 67.4 Å². The first kappa shape index (κ1) is 32.2. The molecule has 1 N–H and O–H groups in total. The van der Waals surface area contributed by atoms with Crippen LogP contribution in [0.3, 0.4) is 0 Å². The molecular weight excluding hydrogens is 580 g/mol. The maximum Gasteiger partial charge on any atom is 0.251 e. The SMILES string of the molecule is COc1ccc(CN(C(=O)CSc2nc(C)cc(C)n2)C(C(=O)Nc2ccc(OC)cc2OC)c2cccc(OC)c2)cc1. The van der Waals surface area contributed by atoms with Crippen LogP contribution in [-0.2, 0) is 16.1 Å². The Morgan fingerprint density at radius 2 is 1.43 bits per heavy atom. The van der Waals surface area contributed by atoms with Crippen molar-refractivity contribution in [3.05, 3.63) is 95.3 Å². The zero-order valence-corrected chi connectivity index (χ0v) is 26.4. The number of amides is 2. The van der Waals surface area contributed by atoms with Gasteiger partial charge in [0.1, 0.15) is 29.0 Å². The molecule has 1 heterocycles.